The van der Waals surface area contributed by atoms with Crippen molar-refractivity contribution < 1.29 is 0 Å². The fourth-order valence-electron chi connectivity index (χ4n) is 6.31. The van der Waals surface area contributed by atoms with Gasteiger partial charge in [-0.1, -0.05) is 164 Å². The lowest BCUT2D eigenvalue weighted by molar-refractivity contribution is 1.58. The van der Waals surface area contributed by atoms with E-state index in [1.165, 1.54) is 43.8 Å². The standard InChI is InChI=1S/C42H31N/c1-29(33-25-13-17-31-16-5-6-18-34(31)33)26-27-32(28-43)41-37-21-9-11-23-39(37)42(40-24-12-10-22-38(40)41)36-20-8-7-19-35(36)30-14-3-2-4-15-30/h2-28H,1,43H2/b27-26-,32-28+. The van der Waals surface area contributed by atoms with Gasteiger partial charge in [-0.25, -0.2) is 0 Å². The maximum absolute atomic E-state index is 6.41. The molecule has 0 bridgehead atoms. The summed E-state index contributed by atoms with van der Waals surface area (Å²) in [4.78, 5) is 0. The van der Waals surface area contributed by atoms with Crippen LogP contribution in [0.3, 0.4) is 0 Å². The summed E-state index contributed by atoms with van der Waals surface area (Å²) in [5.74, 6) is 0. The van der Waals surface area contributed by atoms with Crippen molar-refractivity contribution in [2.45, 2.75) is 0 Å². The van der Waals surface area contributed by atoms with E-state index in [-0.39, 0.29) is 0 Å². The van der Waals surface area contributed by atoms with Gasteiger partial charge in [-0.05, 0) is 76.8 Å². The van der Waals surface area contributed by atoms with Crippen molar-refractivity contribution in [2.75, 3.05) is 0 Å². The summed E-state index contributed by atoms with van der Waals surface area (Å²) in [5, 5.41) is 7.11. The Balaban J connectivity index is 1.43. The molecule has 0 unspecified atom stereocenters. The molecule has 0 fully saturated rings. The van der Waals surface area contributed by atoms with Crippen molar-refractivity contribution in [3.8, 4) is 22.3 Å². The van der Waals surface area contributed by atoms with Crippen molar-refractivity contribution in [2.24, 2.45) is 5.73 Å². The van der Waals surface area contributed by atoms with Crippen LogP contribution >= 0.6 is 0 Å². The van der Waals surface area contributed by atoms with E-state index >= 15 is 0 Å². The van der Waals surface area contributed by atoms with Gasteiger partial charge in [0.1, 0.15) is 0 Å². The van der Waals surface area contributed by atoms with Crippen LogP contribution in [-0.4, -0.2) is 0 Å². The average molecular weight is 550 g/mol. The van der Waals surface area contributed by atoms with Crippen LogP contribution in [0.2, 0.25) is 0 Å². The number of rotatable bonds is 6. The minimum Gasteiger partial charge on any atom is -0.404 e. The van der Waals surface area contributed by atoms with E-state index in [0.29, 0.717) is 0 Å². The van der Waals surface area contributed by atoms with Gasteiger partial charge in [0.05, 0.1) is 0 Å². The Labute approximate surface area is 252 Å². The number of allylic oxidation sites excluding steroid dienone is 4. The highest BCUT2D eigenvalue weighted by Crippen LogP contribution is 2.44. The van der Waals surface area contributed by atoms with Gasteiger partial charge < -0.3 is 5.73 Å². The van der Waals surface area contributed by atoms with Gasteiger partial charge in [-0.15, -0.1) is 0 Å². The molecule has 0 spiro atoms. The quantitative estimate of drug-likeness (QED) is 0.162. The Bertz CT molecular complexity index is 2140. The van der Waals surface area contributed by atoms with Crippen LogP contribution in [0.25, 0.3) is 65.7 Å². The molecule has 204 valence electrons. The van der Waals surface area contributed by atoms with E-state index < -0.39 is 0 Å². The second-order valence-corrected chi connectivity index (χ2v) is 10.8. The third-order valence-corrected chi connectivity index (χ3v) is 8.28. The molecule has 0 atom stereocenters. The topological polar surface area (TPSA) is 26.0 Å². The number of nitrogens with two attached hydrogens (primary N) is 1. The van der Waals surface area contributed by atoms with Gasteiger partial charge in [0.25, 0.3) is 0 Å². The van der Waals surface area contributed by atoms with Crippen molar-refractivity contribution in [1.29, 1.82) is 0 Å². The molecule has 7 rings (SSSR count). The van der Waals surface area contributed by atoms with Gasteiger partial charge in [-0.3, -0.25) is 0 Å². The molecule has 0 aromatic heterocycles. The molecule has 7 aromatic rings. The summed E-state index contributed by atoms with van der Waals surface area (Å²) in [6.45, 7) is 4.44. The first kappa shape index (κ1) is 26.3. The summed E-state index contributed by atoms with van der Waals surface area (Å²) in [7, 11) is 0. The Morgan fingerprint density at radius 2 is 1.02 bits per heavy atom. The Morgan fingerprint density at radius 3 is 1.70 bits per heavy atom. The summed E-state index contributed by atoms with van der Waals surface area (Å²) >= 11 is 0. The highest BCUT2D eigenvalue weighted by Gasteiger charge is 2.19. The molecular weight excluding hydrogens is 518 g/mol. The van der Waals surface area contributed by atoms with Crippen LogP contribution in [0.4, 0.5) is 0 Å². The minimum atomic E-state index is 0.943. The molecular formula is C42H31N. The Morgan fingerprint density at radius 1 is 0.488 bits per heavy atom. The maximum Gasteiger partial charge on any atom is 0.00180 e. The van der Waals surface area contributed by atoms with E-state index in [1.807, 2.05) is 0 Å². The third kappa shape index (κ3) is 4.71. The number of fused-ring (bicyclic) bond motifs is 3. The van der Waals surface area contributed by atoms with Crippen LogP contribution in [0, 0.1) is 0 Å². The second kappa shape index (κ2) is 11.3. The molecule has 2 N–H and O–H groups in total. The van der Waals surface area contributed by atoms with Gasteiger partial charge in [-0.2, -0.15) is 0 Å². The molecule has 0 amide bonds. The first-order valence-electron chi connectivity index (χ1n) is 14.6. The maximum atomic E-state index is 6.41. The van der Waals surface area contributed by atoms with Crippen molar-refractivity contribution in [1.82, 2.24) is 0 Å². The molecule has 0 aliphatic carbocycles. The molecule has 0 radical (unpaired) electrons. The summed E-state index contributed by atoms with van der Waals surface area (Å²) in [6.07, 6.45) is 5.91. The van der Waals surface area contributed by atoms with E-state index in [2.05, 4.69) is 164 Å². The zero-order chi connectivity index (χ0) is 29.2. The van der Waals surface area contributed by atoms with Crippen LogP contribution in [0.15, 0.2) is 171 Å². The monoisotopic (exact) mass is 549 g/mol. The van der Waals surface area contributed by atoms with E-state index in [0.717, 1.165) is 33.0 Å². The predicted molar refractivity (Wildman–Crippen MR) is 187 cm³/mol. The second-order valence-electron chi connectivity index (χ2n) is 10.8. The molecule has 0 saturated carbocycles. The molecule has 43 heavy (non-hydrogen) atoms. The van der Waals surface area contributed by atoms with Gasteiger partial charge in [0.2, 0.25) is 0 Å². The first-order valence-corrected chi connectivity index (χ1v) is 14.6. The zero-order valence-corrected chi connectivity index (χ0v) is 23.9. The van der Waals surface area contributed by atoms with Gasteiger partial charge >= 0.3 is 0 Å². The fourth-order valence-corrected chi connectivity index (χ4v) is 6.31. The van der Waals surface area contributed by atoms with Crippen LogP contribution in [0.1, 0.15) is 11.1 Å². The zero-order valence-electron chi connectivity index (χ0n) is 23.9. The summed E-state index contributed by atoms with van der Waals surface area (Å²) in [6, 6.07) is 51.5. The van der Waals surface area contributed by atoms with Gasteiger partial charge in [0, 0.05) is 6.20 Å². The van der Waals surface area contributed by atoms with E-state index in [1.54, 1.807) is 6.20 Å². The van der Waals surface area contributed by atoms with Gasteiger partial charge in [0.15, 0.2) is 0 Å². The molecule has 0 heterocycles. The highest BCUT2D eigenvalue weighted by molar-refractivity contribution is 6.20. The fraction of sp³-hybridized carbons (Fsp3) is 0. The van der Waals surface area contributed by atoms with Crippen LogP contribution in [-0.2, 0) is 0 Å². The SMILES string of the molecule is C=C(/C=C\C(=C/N)c1c2ccccc2c(-c2ccccc2-c2ccccc2)c2ccccc12)c1cccc2ccccc12. The van der Waals surface area contributed by atoms with Crippen molar-refractivity contribution in [3.05, 3.63) is 182 Å². The number of hydrogen-bond donors (Lipinski definition) is 1. The normalized spacial score (nSPS) is 12.0. The lowest BCUT2D eigenvalue weighted by Gasteiger charge is -2.20. The predicted octanol–water partition coefficient (Wildman–Crippen LogP) is 11.0. The molecule has 0 aliphatic heterocycles. The van der Waals surface area contributed by atoms with E-state index in [4.69, 9.17) is 5.73 Å². The van der Waals surface area contributed by atoms with Crippen molar-refractivity contribution >= 4 is 43.5 Å². The van der Waals surface area contributed by atoms with Crippen molar-refractivity contribution in [3.63, 3.8) is 0 Å². The lowest BCUT2D eigenvalue weighted by atomic mass is 9.83. The third-order valence-electron chi connectivity index (χ3n) is 8.28. The highest BCUT2D eigenvalue weighted by atomic mass is 14.5. The van der Waals surface area contributed by atoms with Crippen LogP contribution in [0.5, 0.6) is 0 Å². The Hall–Kier alpha value is -5.66. The average Bonchev–Trinajstić information content (AvgIpc) is 3.08. The first-order chi connectivity index (χ1) is 21.2. The molecule has 1 nitrogen and oxygen atoms in total. The molecule has 1 heteroatoms. The Kier molecular flexibility index (Phi) is 6.91. The smallest absolute Gasteiger partial charge is 0.00180 e. The molecule has 7 aromatic carbocycles. The minimum absolute atomic E-state index is 0.943. The molecule has 0 aliphatic rings. The summed E-state index contributed by atoms with van der Waals surface area (Å²) < 4.78 is 0. The number of hydrogen-bond acceptors (Lipinski definition) is 1. The lowest BCUT2D eigenvalue weighted by Crippen LogP contribution is -1.96. The molecule has 0 saturated heterocycles. The summed E-state index contributed by atoms with van der Waals surface area (Å²) in [5.41, 5.74) is 15.4. The van der Waals surface area contributed by atoms with E-state index in [9.17, 15) is 0 Å². The largest absolute Gasteiger partial charge is 0.404 e. The number of benzene rings is 7. The van der Waals surface area contributed by atoms with Crippen LogP contribution < -0.4 is 5.73 Å².